The monoisotopic (exact) mass is 546 g/mol. The van der Waals surface area contributed by atoms with Crippen LogP contribution in [0, 0.1) is 11.7 Å². The van der Waals surface area contributed by atoms with E-state index in [0.29, 0.717) is 40.5 Å². The summed E-state index contributed by atoms with van der Waals surface area (Å²) in [5.74, 6) is -0.0900. The van der Waals surface area contributed by atoms with Gasteiger partial charge in [-0.2, -0.15) is 11.3 Å². The normalized spacial score (nSPS) is 22.6. The van der Waals surface area contributed by atoms with Crippen molar-refractivity contribution in [1.82, 2.24) is 9.80 Å². The Morgan fingerprint density at radius 2 is 1.81 bits per heavy atom. The van der Waals surface area contributed by atoms with E-state index in [1.807, 2.05) is 12.1 Å². The van der Waals surface area contributed by atoms with Crippen molar-refractivity contribution < 1.29 is 14.3 Å². The Hall–Kier alpha value is -1.96. The molecular weight excluding hydrogens is 518 g/mol. The lowest BCUT2D eigenvalue weighted by atomic mass is 9.87. The van der Waals surface area contributed by atoms with Crippen LogP contribution in [0.15, 0.2) is 59.3 Å². The number of benzene rings is 2. The first-order valence-corrected chi connectivity index (χ1v) is 14.0. The summed E-state index contributed by atoms with van der Waals surface area (Å²) < 4.78 is 13.3. The average molecular weight is 548 g/mol. The highest BCUT2D eigenvalue weighted by Gasteiger charge is 2.41. The zero-order valence-electron chi connectivity index (χ0n) is 19.8. The zero-order chi connectivity index (χ0) is 25.2. The number of halogens is 3. The van der Waals surface area contributed by atoms with Crippen LogP contribution in [-0.2, 0) is 4.79 Å². The number of hydrogen-bond acceptors (Lipinski definition) is 4. The highest BCUT2D eigenvalue weighted by molar-refractivity contribution is 7.08. The topological polar surface area (TPSA) is 43.8 Å². The Morgan fingerprint density at radius 1 is 1.06 bits per heavy atom. The van der Waals surface area contributed by atoms with E-state index in [4.69, 9.17) is 23.2 Å². The van der Waals surface area contributed by atoms with Gasteiger partial charge in [0.25, 0.3) is 0 Å². The number of likely N-dealkylation sites (tertiary alicyclic amines) is 2. The first kappa shape index (κ1) is 25.7. The van der Waals surface area contributed by atoms with Crippen LogP contribution in [0.3, 0.4) is 0 Å². The fraction of sp³-hybridized carbons (Fsp3) is 0.393. The van der Waals surface area contributed by atoms with Crippen LogP contribution in [0.25, 0.3) is 0 Å². The lowest BCUT2D eigenvalue weighted by Gasteiger charge is -2.35. The minimum atomic E-state index is -0.913. The van der Waals surface area contributed by atoms with Crippen LogP contribution < -0.4 is 0 Å². The summed E-state index contributed by atoms with van der Waals surface area (Å²) in [7, 11) is 0. The van der Waals surface area contributed by atoms with Crippen LogP contribution >= 0.6 is 34.5 Å². The molecule has 2 saturated heterocycles. The third kappa shape index (κ3) is 5.48. The molecule has 8 heteroatoms. The highest BCUT2D eigenvalue weighted by atomic mass is 35.5. The van der Waals surface area contributed by atoms with Gasteiger partial charge in [0, 0.05) is 31.1 Å². The molecule has 0 spiro atoms. The molecular formula is C28H29Cl2FN2O2S. The minimum absolute atomic E-state index is 0.194. The maximum Gasteiger partial charge on any atom is 0.325 e. The van der Waals surface area contributed by atoms with E-state index in [-0.39, 0.29) is 11.7 Å². The van der Waals surface area contributed by atoms with Crippen molar-refractivity contribution in [3.05, 3.63) is 91.8 Å². The highest BCUT2D eigenvalue weighted by Crippen LogP contribution is 2.41. The van der Waals surface area contributed by atoms with Crippen molar-refractivity contribution in [2.24, 2.45) is 5.92 Å². The summed E-state index contributed by atoms with van der Waals surface area (Å²) in [5, 5.41) is 15.2. The van der Waals surface area contributed by atoms with Gasteiger partial charge < -0.3 is 10.0 Å². The van der Waals surface area contributed by atoms with E-state index in [0.717, 1.165) is 32.5 Å². The van der Waals surface area contributed by atoms with E-state index in [1.165, 1.54) is 11.1 Å². The number of rotatable bonds is 7. The maximum absolute atomic E-state index is 13.3. The maximum atomic E-state index is 13.3. The number of carbonyl (C=O) groups is 1. The van der Waals surface area contributed by atoms with Gasteiger partial charge in [0.1, 0.15) is 11.9 Å². The SMILES string of the molecule is O=C(O)C(c1cccc(Cl)c1Cl)N1CC(CN2CCC(c3ccc(F)cc3)CC2)C(c2ccsc2)C1. The van der Waals surface area contributed by atoms with Crippen molar-refractivity contribution in [2.45, 2.75) is 30.7 Å². The summed E-state index contributed by atoms with van der Waals surface area (Å²) in [4.78, 5) is 17.0. The van der Waals surface area contributed by atoms with E-state index in [9.17, 15) is 14.3 Å². The molecule has 36 heavy (non-hydrogen) atoms. The molecule has 3 aromatic rings. The van der Waals surface area contributed by atoms with Crippen LogP contribution in [0.2, 0.25) is 10.0 Å². The lowest BCUT2D eigenvalue weighted by molar-refractivity contribution is -0.143. The summed E-state index contributed by atoms with van der Waals surface area (Å²) in [5.41, 5.74) is 3.03. The molecule has 0 bridgehead atoms. The molecule has 2 fully saturated rings. The predicted molar refractivity (Wildman–Crippen MR) is 144 cm³/mol. The van der Waals surface area contributed by atoms with E-state index in [1.54, 1.807) is 41.7 Å². The molecule has 4 nitrogen and oxygen atoms in total. The minimum Gasteiger partial charge on any atom is -0.480 e. The Bertz CT molecular complexity index is 1180. The summed E-state index contributed by atoms with van der Waals surface area (Å²) >= 11 is 14.4. The van der Waals surface area contributed by atoms with Gasteiger partial charge in [0.2, 0.25) is 0 Å². The first-order chi connectivity index (χ1) is 17.4. The Balaban J connectivity index is 1.31. The van der Waals surface area contributed by atoms with Crippen molar-refractivity contribution in [1.29, 1.82) is 0 Å². The second-order valence-corrected chi connectivity index (χ2v) is 11.5. The third-order valence-electron chi connectivity index (χ3n) is 7.74. The molecule has 0 radical (unpaired) electrons. The van der Waals surface area contributed by atoms with E-state index < -0.39 is 12.0 Å². The van der Waals surface area contributed by atoms with Gasteiger partial charge in [-0.3, -0.25) is 9.69 Å². The third-order valence-corrected chi connectivity index (χ3v) is 9.27. The summed E-state index contributed by atoms with van der Waals surface area (Å²) in [6.07, 6.45) is 2.09. The summed E-state index contributed by atoms with van der Waals surface area (Å²) in [6, 6.07) is 13.4. The molecule has 3 heterocycles. The van der Waals surface area contributed by atoms with Gasteiger partial charge in [-0.25, -0.2) is 4.39 Å². The number of piperidine rings is 1. The van der Waals surface area contributed by atoms with E-state index >= 15 is 0 Å². The summed E-state index contributed by atoms with van der Waals surface area (Å²) in [6.45, 7) is 4.23. The lowest BCUT2D eigenvalue weighted by Crippen LogP contribution is -2.38. The average Bonchev–Trinajstić information content (AvgIpc) is 3.53. The van der Waals surface area contributed by atoms with Gasteiger partial charge >= 0.3 is 5.97 Å². The number of carboxylic acids is 1. The molecule has 3 unspecified atom stereocenters. The van der Waals surface area contributed by atoms with Crippen molar-refractivity contribution in [2.75, 3.05) is 32.7 Å². The van der Waals surface area contributed by atoms with Gasteiger partial charge in [0.15, 0.2) is 0 Å². The van der Waals surface area contributed by atoms with Gasteiger partial charge in [-0.15, -0.1) is 0 Å². The van der Waals surface area contributed by atoms with Crippen molar-refractivity contribution >= 4 is 40.5 Å². The predicted octanol–water partition coefficient (Wildman–Crippen LogP) is 6.91. The fourth-order valence-electron chi connectivity index (χ4n) is 5.90. The molecule has 5 rings (SSSR count). The van der Waals surface area contributed by atoms with Crippen LogP contribution in [0.4, 0.5) is 4.39 Å². The number of hydrogen-bond donors (Lipinski definition) is 1. The number of aliphatic carboxylic acids is 1. The largest absolute Gasteiger partial charge is 0.480 e. The molecule has 0 amide bonds. The standard InChI is InChI=1S/C28H29Cl2FN2O2S/c29-25-3-1-2-23(26(25)30)27(28(34)35)33-15-21(24(16-33)20-10-13-36-17-20)14-32-11-8-19(9-12-32)18-4-6-22(31)7-5-18/h1-7,10,13,17,19,21,24,27H,8-9,11-12,14-16H2,(H,34,35). The second kappa shape index (κ2) is 11.2. The zero-order valence-corrected chi connectivity index (χ0v) is 22.2. The molecule has 2 aliphatic heterocycles. The molecule has 2 aromatic carbocycles. The smallest absolute Gasteiger partial charge is 0.325 e. The number of thiophene rings is 1. The van der Waals surface area contributed by atoms with Crippen LogP contribution in [0.1, 0.15) is 47.4 Å². The molecule has 3 atom stereocenters. The van der Waals surface area contributed by atoms with Crippen LogP contribution in [0.5, 0.6) is 0 Å². The molecule has 0 saturated carbocycles. The molecule has 190 valence electrons. The first-order valence-electron chi connectivity index (χ1n) is 12.3. The molecule has 0 aliphatic carbocycles. The van der Waals surface area contributed by atoms with Crippen LogP contribution in [-0.4, -0.2) is 53.6 Å². The van der Waals surface area contributed by atoms with Gasteiger partial charge in [-0.05, 0) is 83.9 Å². The Labute approximate surface area is 225 Å². The van der Waals surface area contributed by atoms with Crippen molar-refractivity contribution in [3.63, 3.8) is 0 Å². The van der Waals surface area contributed by atoms with Crippen molar-refractivity contribution in [3.8, 4) is 0 Å². The van der Waals surface area contributed by atoms with Gasteiger partial charge in [0.05, 0.1) is 10.0 Å². The second-order valence-electron chi connectivity index (χ2n) is 9.89. The Kier molecular flexibility index (Phi) is 7.99. The van der Waals surface area contributed by atoms with E-state index in [2.05, 4.69) is 26.6 Å². The fourth-order valence-corrected chi connectivity index (χ4v) is 7.03. The molecule has 1 aromatic heterocycles. The Morgan fingerprint density at radius 3 is 2.47 bits per heavy atom. The molecule has 2 aliphatic rings. The quantitative estimate of drug-likeness (QED) is 0.349. The van der Waals surface area contributed by atoms with Gasteiger partial charge in [-0.1, -0.05) is 47.5 Å². The number of carboxylic acid groups (broad SMARTS) is 1. The molecule has 1 N–H and O–H groups in total. The number of nitrogens with zero attached hydrogens (tertiary/aromatic N) is 2.